The van der Waals surface area contributed by atoms with Gasteiger partial charge in [-0.25, -0.2) is 4.98 Å². The van der Waals surface area contributed by atoms with Gasteiger partial charge in [0.15, 0.2) is 5.16 Å². The Morgan fingerprint density at radius 3 is 2.68 bits per heavy atom. The van der Waals surface area contributed by atoms with E-state index in [9.17, 15) is 4.79 Å². The Kier molecular flexibility index (Phi) is 5.33. The Bertz CT molecular complexity index is 1200. The molecule has 0 fully saturated rings. The molecule has 0 aliphatic rings. The average Bonchev–Trinajstić information content (AvgIpc) is 2.98. The third kappa shape index (κ3) is 3.62. The number of thioether (sulfide) groups is 1. The van der Waals surface area contributed by atoms with E-state index in [1.807, 2.05) is 38.1 Å². The Morgan fingerprint density at radius 1 is 1.11 bits per heavy atom. The number of benzene rings is 1. The van der Waals surface area contributed by atoms with E-state index in [0.717, 1.165) is 37.1 Å². The first-order valence-electron chi connectivity index (χ1n) is 9.11. The minimum Gasteiger partial charge on any atom is -0.282 e. The number of rotatable bonds is 5. The molecule has 4 nitrogen and oxygen atoms in total. The predicted molar refractivity (Wildman–Crippen MR) is 117 cm³/mol. The van der Waals surface area contributed by atoms with Gasteiger partial charge in [0.2, 0.25) is 0 Å². The van der Waals surface area contributed by atoms with Crippen LogP contribution >= 0.6 is 23.1 Å². The smallest absolute Gasteiger partial charge is 0.263 e. The summed E-state index contributed by atoms with van der Waals surface area (Å²) >= 11 is 3.21. The summed E-state index contributed by atoms with van der Waals surface area (Å²) in [7, 11) is 0. The normalized spacial score (nSPS) is 11.2. The number of hydrogen-bond acceptors (Lipinski definition) is 5. The van der Waals surface area contributed by atoms with Crippen molar-refractivity contribution in [1.82, 2.24) is 14.5 Å². The quantitative estimate of drug-likeness (QED) is 0.340. The molecular weight excluding hydrogens is 386 g/mol. The molecule has 142 valence electrons. The predicted octanol–water partition coefficient (Wildman–Crippen LogP) is 5.12. The third-order valence-corrected chi connectivity index (χ3v) is 7.06. The molecule has 0 atom stereocenters. The topological polar surface area (TPSA) is 47.8 Å². The van der Waals surface area contributed by atoms with Crippen molar-refractivity contribution in [3.63, 3.8) is 0 Å². The molecule has 0 unspecified atom stereocenters. The van der Waals surface area contributed by atoms with Gasteiger partial charge in [0.05, 0.1) is 11.9 Å². The van der Waals surface area contributed by atoms with Gasteiger partial charge in [-0.15, -0.1) is 11.3 Å². The zero-order valence-electron chi connectivity index (χ0n) is 16.1. The van der Waals surface area contributed by atoms with E-state index in [0.29, 0.717) is 6.54 Å². The van der Waals surface area contributed by atoms with Crippen molar-refractivity contribution in [2.24, 2.45) is 0 Å². The highest BCUT2D eigenvalue weighted by molar-refractivity contribution is 7.98. The van der Waals surface area contributed by atoms with Crippen LogP contribution in [-0.2, 0) is 12.3 Å². The van der Waals surface area contributed by atoms with E-state index in [1.165, 1.54) is 11.1 Å². The van der Waals surface area contributed by atoms with Crippen molar-refractivity contribution in [2.75, 3.05) is 0 Å². The summed E-state index contributed by atoms with van der Waals surface area (Å²) in [5, 5.41) is 1.50. The Balaban J connectivity index is 1.80. The van der Waals surface area contributed by atoms with Gasteiger partial charge in [-0.1, -0.05) is 42.1 Å². The lowest BCUT2D eigenvalue weighted by molar-refractivity contribution is 0.657. The first kappa shape index (κ1) is 18.9. The lowest BCUT2D eigenvalue weighted by Crippen LogP contribution is -2.24. The number of fused-ring (bicyclic) bond motifs is 1. The molecule has 28 heavy (non-hydrogen) atoms. The fourth-order valence-corrected chi connectivity index (χ4v) is 5.29. The van der Waals surface area contributed by atoms with Crippen molar-refractivity contribution in [3.05, 3.63) is 86.3 Å². The van der Waals surface area contributed by atoms with E-state index < -0.39 is 0 Å². The van der Waals surface area contributed by atoms with Crippen molar-refractivity contribution in [1.29, 1.82) is 0 Å². The van der Waals surface area contributed by atoms with Crippen LogP contribution in [0, 0.1) is 20.8 Å². The summed E-state index contributed by atoms with van der Waals surface area (Å²) in [6.45, 7) is 6.64. The van der Waals surface area contributed by atoms with Crippen LogP contribution < -0.4 is 5.56 Å². The standard InChI is InChI=1S/C22H21N3OS2/c1-14-7-4-5-9-18(14)13-27-22-24-20-19(15(2)16(3)28-20)21(26)25(22)12-17-8-6-10-23-11-17/h4-11H,12-13H2,1-3H3. The third-order valence-electron chi connectivity index (χ3n) is 4.94. The van der Waals surface area contributed by atoms with E-state index in [-0.39, 0.29) is 5.56 Å². The van der Waals surface area contributed by atoms with Gasteiger partial charge in [0.25, 0.3) is 5.56 Å². The molecule has 3 heterocycles. The van der Waals surface area contributed by atoms with Crippen LogP contribution in [0.2, 0.25) is 0 Å². The molecule has 0 spiro atoms. The molecule has 4 aromatic rings. The largest absolute Gasteiger partial charge is 0.282 e. The van der Waals surface area contributed by atoms with E-state index in [2.05, 4.69) is 24.0 Å². The second-order valence-electron chi connectivity index (χ2n) is 6.83. The van der Waals surface area contributed by atoms with Crippen LogP contribution in [0.4, 0.5) is 0 Å². The molecule has 0 radical (unpaired) electrons. The molecule has 0 amide bonds. The van der Waals surface area contributed by atoms with Gasteiger partial charge in [-0.05, 0) is 49.1 Å². The Labute approximate surface area is 172 Å². The van der Waals surface area contributed by atoms with E-state index in [4.69, 9.17) is 4.98 Å². The number of nitrogens with zero attached hydrogens (tertiary/aromatic N) is 3. The van der Waals surface area contributed by atoms with Crippen molar-refractivity contribution >= 4 is 33.3 Å². The number of hydrogen-bond donors (Lipinski definition) is 0. The maximum Gasteiger partial charge on any atom is 0.263 e. The Morgan fingerprint density at radius 2 is 1.93 bits per heavy atom. The van der Waals surface area contributed by atoms with Crippen LogP contribution in [0.15, 0.2) is 58.7 Å². The molecule has 0 bridgehead atoms. The number of aryl methyl sites for hydroxylation is 3. The minimum absolute atomic E-state index is 0.0305. The number of thiophene rings is 1. The van der Waals surface area contributed by atoms with Crippen LogP contribution in [0.3, 0.4) is 0 Å². The monoisotopic (exact) mass is 407 g/mol. The zero-order chi connectivity index (χ0) is 19.7. The summed E-state index contributed by atoms with van der Waals surface area (Å²) in [4.78, 5) is 24.4. The summed E-state index contributed by atoms with van der Waals surface area (Å²) in [5.41, 5.74) is 4.57. The van der Waals surface area contributed by atoms with Crippen molar-refractivity contribution in [2.45, 2.75) is 38.2 Å². The van der Waals surface area contributed by atoms with Crippen LogP contribution in [0.5, 0.6) is 0 Å². The first-order valence-corrected chi connectivity index (χ1v) is 10.9. The van der Waals surface area contributed by atoms with Crippen LogP contribution in [-0.4, -0.2) is 14.5 Å². The molecule has 3 aromatic heterocycles. The highest BCUT2D eigenvalue weighted by Gasteiger charge is 2.17. The SMILES string of the molecule is Cc1ccccc1CSc1nc2sc(C)c(C)c2c(=O)n1Cc1cccnc1. The first-order chi connectivity index (χ1) is 13.5. The second-order valence-corrected chi connectivity index (χ2v) is 8.97. The van der Waals surface area contributed by atoms with Gasteiger partial charge in [-0.3, -0.25) is 14.3 Å². The second kappa shape index (κ2) is 7.89. The van der Waals surface area contributed by atoms with Crippen molar-refractivity contribution < 1.29 is 0 Å². The molecule has 4 rings (SSSR count). The number of aromatic nitrogens is 3. The lowest BCUT2D eigenvalue weighted by Gasteiger charge is -2.13. The van der Waals surface area contributed by atoms with E-state index >= 15 is 0 Å². The maximum absolute atomic E-state index is 13.4. The van der Waals surface area contributed by atoms with Gasteiger partial charge in [-0.2, -0.15) is 0 Å². The number of pyridine rings is 1. The minimum atomic E-state index is 0.0305. The molecule has 0 aliphatic heterocycles. The van der Waals surface area contributed by atoms with Gasteiger partial charge in [0, 0.05) is 23.0 Å². The van der Waals surface area contributed by atoms with E-state index in [1.54, 1.807) is 40.1 Å². The highest BCUT2D eigenvalue weighted by Crippen LogP contribution is 2.30. The summed E-state index contributed by atoms with van der Waals surface area (Å²) in [6, 6.07) is 12.2. The summed E-state index contributed by atoms with van der Waals surface area (Å²) < 4.78 is 1.79. The molecule has 0 saturated heterocycles. The fourth-order valence-electron chi connectivity index (χ4n) is 3.15. The Hall–Kier alpha value is -2.44. The average molecular weight is 408 g/mol. The molecule has 1 aromatic carbocycles. The van der Waals surface area contributed by atoms with Gasteiger partial charge in [0.1, 0.15) is 4.83 Å². The molecule has 0 aliphatic carbocycles. The zero-order valence-corrected chi connectivity index (χ0v) is 17.7. The van der Waals surface area contributed by atoms with Crippen LogP contribution in [0.25, 0.3) is 10.2 Å². The maximum atomic E-state index is 13.4. The van der Waals surface area contributed by atoms with Crippen LogP contribution in [0.1, 0.15) is 27.1 Å². The summed E-state index contributed by atoms with van der Waals surface area (Å²) in [6.07, 6.45) is 3.55. The highest BCUT2D eigenvalue weighted by atomic mass is 32.2. The van der Waals surface area contributed by atoms with Gasteiger partial charge >= 0.3 is 0 Å². The molecule has 6 heteroatoms. The molecular formula is C22H21N3OS2. The van der Waals surface area contributed by atoms with Gasteiger partial charge < -0.3 is 0 Å². The molecule has 0 N–H and O–H groups in total. The summed E-state index contributed by atoms with van der Waals surface area (Å²) in [5.74, 6) is 0.779. The lowest BCUT2D eigenvalue weighted by atomic mass is 10.1. The molecule has 0 saturated carbocycles. The fraction of sp³-hybridized carbons (Fsp3) is 0.227. The van der Waals surface area contributed by atoms with Crippen molar-refractivity contribution in [3.8, 4) is 0 Å².